The summed E-state index contributed by atoms with van der Waals surface area (Å²) in [6.45, 7) is 2.53. The van der Waals surface area contributed by atoms with E-state index in [0.717, 1.165) is 25.2 Å². The summed E-state index contributed by atoms with van der Waals surface area (Å²) in [7, 11) is 1.38. The Balaban J connectivity index is 1.75. The third kappa shape index (κ3) is 3.93. The van der Waals surface area contributed by atoms with Crippen molar-refractivity contribution in [2.75, 3.05) is 13.7 Å². The molecule has 1 aromatic carbocycles. The van der Waals surface area contributed by atoms with Crippen molar-refractivity contribution in [1.82, 2.24) is 14.9 Å². The van der Waals surface area contributed by atoms with Crippen molar-refractivity contribution in [1.29, 1.82) is 0 Å². The Bertz CT molecular complexity index is 506. The van der Waals surface area contributed by atoms with Gasteiger partial charge in [0.05, 0.1) is 19.0 Å². The van der Waals surface area contributed by atoms with Crippen LogP contribution in [0, 0.1) is 0 Å². The number of carbonyl (C=O) groups excluding carboxylic acids is 1. The van der Waals surface area contributed by atoms with Gasteiger partial charge in [-0.3, -0.25) is 0 Å². The first-order valence-electron chi connectivity index (χ1n) is 6.13. The summed E-state index contributed by atoms with van der Waals surface area (Å²) in [6, 6.07) is 7.41. The van der Waals surface area contributed by atoms with E-state index in [0.29, 0.717) is 5.56 Å². The van der Waals surface area contributed by atoms with Gasteiger partial charge >= 0.3 is 5.97 Å². The van der Waals surface area contributed by atoms with E-state index in [4.69, 9.17) is 0 Å². The first-order chi connectivity index (χ1) is 9.29. The van der Waals surface area contributed by atoms with Crippen LogP contribution in [0.1, 0.15) is 15.9 Å². The van der Waals surface area contributed by atoms with Gasteiger partial charge in [-0.15, -0.1) is 0 Å². The van der Waals surface area contributed by atoms with Crippen LogP contribution in [0.4, 0.5) is 0 Å². The Morgan fingerprint density at radius 2 is 2.16 bits per heavy atom. The number of methoxy groups -OCH3 is 1. The van der Waals surface area contributed by atoms with E-state index in [9.17, 15) is 4.79 Å². The Labute approximate surface area is 112 Å². The molecule has 19 heavy (non-hydrogen) atoms. The van der Waals surface area contributed by atoms with E-state index in [2.05, 4.69) is 15.0 Å². The van der Waals surface area contributed by atoms with Crippen LogP contribution in [0.5, 0.6) is 0 Å². The Morgan fingerprint density at radius 1 is 1.37 bits per heavy atom. The van der Waals surface area contributed by atoms with E-state index in [1.807, 2.05) is 22.9 Å². The summed E-state index contributed by atoms with van der Waals surface area (Å²) >= 11 is 0. The molecule has 0 fully saturated rings. The molecule has 0 unspecified atom stereocenters. The van der Waals surface area contributed by atoms with Crippen LogP contribution in [-0.4, -0.2) is 29.2 Å². The number of hydrogen-bond acceptors (Lipinski definition) is 4. The smallest absolute Gasteiger partial charge is 0.337 e. The molecular weight excluding hydrogens is 242 g/mol. The summed E-state index contributed by atoms with van der Waals surface area (Å²) in [4.78, 5) is 15.3. The zero-order valence-corrected chi connectivity index (χ0v) is 10.9. The minimum absolute atomic E-state index is 0.306. The molecule has 100 valence electrons. The number of nitrogens with zero attached hydrogens (tertiary/aromatic N) is 2. The number of imidazole rings is 1. The van der Waals surface area contributed by atoms with Gasteiger partial charge < -0.3 is 14.6 Å². The SMILES string of the molecule is COC(=O)c1ccc(CNCCn2ccnc2)cc1. The number of rotatable bonds is 6. The van der Waals surface area contributed by atoms with E-state index >= 15 is 0 Å². The highest BCUT2D eigenvalue weighted by Gasteiger charge is 2.03. The number of esters is 1. The number of carbonyl (C=O) groups is 1. The fourth-order valence-corrected chi connectivity index (χ4v) is 1.74. The van der Waals surface area contributed by atoms with Gasteiger partial charge in [0.25, 0.3) is 0 Å². The van der Waals surface area contributed by atoms with Crippen LogP contribution in [0.15, 0.2) is 43.0 Å². The van der Waals surface area contributed by atoms with Crippen molar-refractivity contribution in [2.45, 2.75) is 13.1 Å². The molecule has 2 aromatic rings. The van der Waals surface area contributed by atoms with Gasteiger partial charge in [0, 0.05) is 32.0 Å². The van der Waals surface area contributed by atoms with Gasteiger partial charge in [0.1, 0.15) is 0 Å². The predicted molar refractivity (Wildman–Crippen MR) is 71.7 cm³/mol. The fourth-order valence-electron chi connectivity index (χ4n) is 1.74. The van der Waals surface area contributed by atoms with Crippen molar-refractivity contribution in [3.8, 4) is 0 Å². The lowest BCUT2D eigenvalue weighted by atomic mass is 10.1. The summed E-state index contributed by atoms with van der Waals surface area (Å²) < 4.78 is 6.67. The molecule has 5 heteroatoms. The van der Waals surface area contributed by atoms with Crippen molar-refractivity contribution in [3.05, 3.63) is 54.1 Å². The zero-order chi connectivity index (χ0) is 13.5. The molecule has 0 bridgehead atoms. The van der Waals surface area contributed by atoms with Gasteiger partial charge in [0.2, 0.25) is 0 Å². The average Bonchev–Trinajstić information content (AvgIpc) is 2.96. The van der Waals surface area contributed by atoms with Gasteiger partial charge in [0.15, 0.2) is 0 Å². The topological polar surface area (TPSA) is 56.1 Å². The molecule has 2 rings (SSSR count). The summed E-state index contributed by atoms with van der Waals surface area (Å²) in [6.07, 6.45) is 5.51. The third-order valence-electron chi connectivity index (χ3n) is 2.81. The fraction of sp³-hybridized carbons (Fsp3) is 0.286. The molecule has 0 spiro atoms. The second kappa shape index (κ2) is 6.70. The monoisotopic (exact) mass is 259 g/mol. The predicted octanol–water partition coefficient (Wildman–Crippen LogP) is 1.46. The van der Waals surface area contributed by atoms with Crippen molar-refractivity contribution < 1.29 is 9.53 Å². The van der Waals surface area contributed by atoms with E-state index in [1.165, 1.54) is 7.11 Å². The lowest BCUT2D eigenvalue weighted by Gasteiger charge is -2.06. The summed E-state index contributed by atoms with van der Waals surface area (Å²) in [5.41, 5.74) is 1.71. The molecule has 1 N–H and O–H groups in total. The average molecular weight is 259 g/mol. The zero-order valence-electron chi connectivity index (χ0n) is 10.9. The largest absolute Gasteiger partial charge is 0.465 e. The van der Waals surface area contributed by atoms with Crippen molar-refractivity contribution >= 4 is 5.97 Å². The first-order valence-corrected chi connectivity index (χ1v) is 6.13. The highest BCUT2D eigenvalue weighted by Crippen LogP contribution is 2.05. The Morgan fingerprint density at radius 3 is 2.79 bits per heavy atom. The molecular formula is C14H17N3O2. The van der Waals surface area contributed by atoms with Gasteiger partial charge in [-0.1, -0.05) is 12.1 Å². The Hall–Kier alpha value is -2.14. The second-order valence-corrected chi connectivity index (χ2v) is 4.17. The normalized spacial score (nSPS) is 10.4. The van der Waals surface area contributed by atoms with Crippen LogP contribution in [0.2, 0.25) is 0 Å². The molecule has 0 saturated heterocycles. The van der Waals surface area contributed by atoms with Gasteiger partial charge in [-0.05, 0) is 17.7 Å². The number of benzene rings is 1. The quantitative estimate of drug-likeness (QED) is 0.630. The van der Waals surface area contributed by atoms with Crippen molar-refractivity contribution in [3.63, 3.8) is 0 Å². The standard InChI is InChI=1S/C14H17N3O2/c1-19-14(18)13-4-2-12(3-5-13)10-15-6-8-17-9-7-16-11-17/h2-5,7,9,11,15H,6,8,10H2,1H3. The molecule has 0 aliphatic rings. The molecule has 0 saturated carbocycles. The Kier molecular flexibility index (Phi) is 4.69. The van der Waals surface area contributed by atoms with E-state index < -0.39 is 0 Å². The van der Waals surface area contributed by atoms with Crippen LogP contribution in [0.25, 0.3) is 0 Å². The van der Waals surface area contributed by atoms with Crippen LogP contribution in [0.3, 0.4) is 0 Å². The van der Waals surface area contributed by atoms with Crippen LogP contribution >= 0.6 is 0 Å². The first kappa shape index (κ1) is 13.3. The highest BCUT2D eigenvalue weighted by atomic mass is 16.5. The molecule has 0 radical (unpaired) electrons. The number of ether oxygens (including phenoxy) is 1. The van der Waals surface area contributed by atoms with E-state index in [1.54, 1.807) is 24.7 Å². The minimum Gasteiger partial charge on any atom is -0.465 e. The number of hydrogen-bond donors (Lipinski definition) is 1. The third-order valence-corrected chi connectivity index (χ3v) is 2.81. The molecule has 1 aromatic heterocycles. The van der Waals surface area contributed by atoms with Crippen molar-refractivity contribution in [2.24, 2.45) is 0 Å². The van der Waals surface area contributed by atoms with Crippen LogP contribution in [-0.2, 0) is 17.8 Å². The van der Waals surface area contributed by atoms with Gasteiger partial charge in [-0.25, -0.2) is 9.78 Å². The molecule has 0 amide bonds. The lowest BCUT2D eigenvalue weighted by molar-refractivity contribution is 0.0600. The maximum absolute atomic E-state index is 11.3. The summed E-state index contributed by atoms with van der Waals surface area (Å²) in [5.74, 6) is -0.306. The molecule has 0 aliphatic heterocycles. The maximum Gasteiger partial charge on any atom is 0.337 e. The second-order valence-electron chi connectivity index (χ2n) is 4.17. The molecule has 5 nitrogen and oxygen atoms in total. The van der Waals surface area contributed by atoms with Crippen LogP contribution < -0.4 is 5.32 Å². The summed E-state index contributed by atoms with van der Waals surface area (Å²) in [5, 5.41) is 3.34. The van der Waals surface area contributed by atoms with E-state index in [-0.39, 0.29) is 5.97 Å². The molecule has 1 heterocycles. The van der Waals surface area contributed by atoms with Gasteiger partial charge in [-0.2, -0.15) is 0 Å². The lowest BCUT2D eigenvalue weighted by Crippen LogP contribution is -2.19. The number of aromatic nitrogens is 2. The highest BCUT2D eigenvalue weighted by molar-refractivity contribution is 5.89. The minimum atomic E-state index is -0.306. The molecule has 0 aliphatic carbocycles. The maximum atomic E-state index is 11.3. The number of nitrogens with one attached hydrogen (secondary N) is 1. The molecule has 0 atom stereocenters.